The summed E-state index contributed by atoms with van der Waals surface area (Å²) in [5.74, 6) is 0.535. The van der Waals surface area contributed by atoms with Gasteiger partial charge in [0.05, 0.1) is 6.04 Å². The SMILES string of the molecule is CCN(CC)C(C)(C)C(N)c1cc(C)cnc1N. The quantitative estimate of drug-likeness (QED) is 0.839. The van der Waals surface area contributed by atoms with E-state index >= 15 is 0 Å². The van der Waals surface area contributed by atoms with Crippen LogP contribution in [0, 0.1) is 6.92 Å². The number of anilines is 1. The van der Waals surface area contributed by atoms with E-state index in [4.69, 9.17) is 11.5 Å². The predicted octanol–water partition coefficient (Wildman–Crippen LogP) is 2.09. The average Bonchev–Trinajstić information content (AvgIpc) is 2.32. The maximum absolute atomic E-state index is 6.43. The normalized spacial score (nSPS) is 13.9. The van der Waals surface area contributed by atoms with Crippen LogP contribution in [0.1, 0.15) is 44.9 Å². The zero-order valence-electron chi connectivity index (χ0n) is 12.2. The molecule has 0 aromatic carbocycles. The molecule has 0 aliphatic carbocycles. The highest BCUT2D eigenvalue weighted by Gasteiger charge is 2.33. The van der Waals surface area contributed by atoms with Gasteiger partial charge in [0.2, 0.25) is 0 Å². The molecule has 102 valence electrons. The molecule has 0 aliphatic rings. The highest BCUT2D eigenvalue weighted by atomic mass is 15.2. The fraction of sp³-hybridized carbons (Fsp3) is 0.643. The first-order valence-electron chi connectivity index (χ1n) is 6.57. The Morgan fingerprint density at radius 2 is 1.89 bits per heavy atom. The fourth-order valence-electron chi connectivity index (χ4n) is 2.47. The van der Waals surface area contributed by atoms with Crippen LogP contribution in [-0.4, -0.2) is 28.5 Å². The Bertz CT molecular complexity index is 397. The van der Waals surface area contributed by atoms with Crippen molar-refractivity contribution in [3.63, 3.8) is 0 Å². The van der Waals surface area contributed by atoms with Gasteiger partial charge in [-0.05, 0) is 45.5 Å². The van der Waals surface area contributed by atoms with Crippen molar-refractivity contribution >= 4 is 5.82 Å². The van der Waals surface area contributed by atoms with E-state index in [-0.39, 0.29) is 11.6 Å². The van der Waals surface area contributed by atoms with Crippen molar-refractivity contribution in [2.24, 2.45) is 5.73 Å². The summed E-state index contributed by atoms with van der Waals surface area (Å²) in [5, 5.41) is 0. The summed E-state index contributed by atoms with van der Waals surface area (Å²) in [6.07, 6.45) is 1.77. The third-order valence-electron chi connectivity index (χ3n) is 3.76. The fourth-order valence-corrected chi connectivity index (χ4v) is 2.47. The lowest BCUT2D eigenvalue weighted by Gasteiger charge is -2.42. The van der Waals surface area contributed by atoms with Gasteiger partial charge >= 0.3 is 0 Å². The van der Waals surface area contributed by atoms with Gasteiger partial charge in [0, 0.05) is 17.3 Å². The summed E-state index contributed by atoms with van der Waals surface area (Å²) in [6, 6.07) is 1.89. The molecule has 0 spiro atoms. The van der Waals surface area contributed by atoms with Crippen molar-refractivity contribution in [2.45, 2.75) is 46.2 Å². The van der Waals surface area contributed by atoms with Crippen molar-refractivity contribution in [2.75, 3.05) is 18.8 Å². The summed E-state index contributed by atoms with van der Waals surface area (Å²) in [5.41, 5.74) is 14.3. The van der Waals surface area contributed by atoms with Gasteiger partial charge in [0.15, 0.2) is 0 Å². The Hall–Kier alpha value is -1.13. The molecule has 0 fully saturated rings. The Kier molecular flexibility index (Phi) is 4.71. The summed E-state index contributed by atoms with van der Waals surface area (Å²) in [7, 11) is 0. The maximum Gasteiger partial charge on any atom is 0.128 e. The number of nitrogens with zero attached hydrogens (tertiary/aromatic N) is 2. The van der Waals surface area contributed by atoms with Gasteiger partial charge in [-0.15, -0.1) is 0 Å². The third-order valence-corrected chi connectivity index (χ3v) is 3.76. The molecule has 0 amide bonds. The first kappa shape index (κ1) is 14.9. The number of likely N-dealkylation sites (N-methyl/N-ethyl adjacent to an activating group) is 1. The van der Waals surface area contributed by atoms with Crippen molar-refractivity contribution in [1.29, 1.82) is 0 Å². The molecule has 1 atom stereocenters. The Labute approximate surface area is 110 Å². The number of pyridine rings is 1. The van der Waals surface area contributed by atoms with Crippen LogP contribution in [0.4, 0.5) is 5.82 Å². The van der Waals surface area contributed by atoms with Gasteiger partial charge in [0.25, 0.3) is 0 Å². The van der Waals surface area contributed by atoms with Crippen molar-refractivity contribution in [3.05, 3.63) is 23.4 Å². The molecule has 1 aromatic rings. The van der Waals surface area contributed by atoms with Crippen LogP contribution in [0.15, 0.2) is 12.3 Å². The lowest BCUT2D eigenvalue weighted by atomic mass is 9.87. The lowest BCUT2D eigenvalue weighted by Crippen LogP contribution is -2.51. The number of aryl methyl sites for hydroxylation is 1. The molecule has 0 saturated carbocycles. The minimum absolute atomic E-state index is 0.146. The van der Waals surface area contributed by atoms with Crippen molar-refractivity contribution < 1.29 is 0 Å². The van der Waals surface area contributed by atoms with E-state index in [1.807, 2.05) is 13.0 Å². The molecule has 1 unspecified atom stereocenters. The first-order chi connectivity index (χ1) is 8.34. The highest BCUT2D eigenvalue weighted by Crippen LogP contribution is 2.31. The van der Waals surface area contributed by atoms with Crippen LogP contribution in [0.5, 0.6) is 0 Å². The highest BCUT2D eigenvalue weighted by molar-refractivity contribution is 5.44. The van der Waals surface area contributed by atoms with Gasteiger partial charge in [-0.3, -0.25) is 4.90 Å². The minimum atomic E-state index is -0.148. The molecule has 1 heterocycles. The summed E-state index contributed by atoms with van der Waals surface area (Å²) in [6.45, 7) is 12.6. The number of nitrogens with two attached hydrogens (primary N) is 2. The monoisotopic (exact) mass is 250 g/mol. The van der Waals surface area contributed by atoms with Gasteiger partial charge in [0.1, 0.15) is 5.82 Å². The zero-order valence-corrected chi connectivity index (χ0v) is 12.2. The second-order valence-electron chi connectivity index (χ2n) is 5.29. The van der Waals surface area contributed by atoms with Gasteiger partial charge in [-0.2, -0.15) is 0 Å². The molecule has 1 rings (SSSR count). The van der Waals surface area contributed by atoms with Crippen molar-refractivity contribution in [3.8, 4) is 0 Å². The summed E-state index contributed by atoms with van der Waals surface area (Å²) < 4.78 is 0. The molecular weight excluding hydrogens is 224 g/mol. The van der Waals surface area contributed by atoms with Crippen LogP contribution in [0.3, 0.4) is 0 Å². The second kappa shape index (κ2) is 5.67. The number of rotatable bonds is 5. The summed E-state index contributed by atoms with van der Waals surface area (Å²) >= 11 is 0. The topological polar surface area (TPSA) is 68.2 Å². The van der Waals surface area contributed by atoms with E-state index in [0.717, 1.165) is 24.2 Å². The number of nitrogen functional groups attached to an aromatic ring is 1. The maximum atomic E-state index is 6.43. The van der Waals surface area contributed by atoms with Gasteiger partial charge in [-0.25, -0.2) is 4.98 Å². The Morgan fingerprint density at radius 3 is 2.39 bits per heavy atom. The van der Waals surface area contributed by atoms with Gasteiger partial charge < -0.3 is 11.5 Å². The molecule has 4 heteroatoms. The van der Waals surface area contributed by atoms with E-state index in [1.54, 1.807) is 6.20 Å². The molecule has 0 saturated heterocycles. The minimum Gasteiger partial charge on any atom is -0.383 e. The molecule has 18 heavy (non-hydrogen) atoms. The molecular formula is C14H26N4. The lowest BCUT2D eigenvalue weighted by molar-refractivity contribution is 0.107. The number of hydrogen-bond acceptors (Lipinski definition) is 4. The van der Waals surface area contributed by atoms with E-state index < -0.39 is 0 Å². The first-order valence-corrected chi connectivity index (χ1v) is 6.57. The average molecular weight is 250 g/mol. The van der Waals surface area contributed by atoms with E-state index in [0.29, 0.717) is 5.82 Å². The van der Waals surface area contributed by atoms with Crippen LogP contribution in [0.2, 0.25) is 0 Å². The van der Waals surface area contributed by atoms with E-state index in [1.165, 1.54) is 0 Å². The van der Waals surface area contributed by atoms with E-state index in [9.17, 15) is 0 Å². The molecule has 4 nitrogen and oxygen atoms in total. The molecule has 0 bridgehead atoms. The molecule has 1 aromatic heterocycles. The summed E-state index contributed by atoms with van der Waals surface area (Å²) in [4.78, 5) is 6.55. The van der Waals surface area contributed by atoms with Crippen LogP contribution >= 0.6 is 0 Å². The van der Waals surface area contributed by atoms with Gasteiger partial charge in [-0.1, -0.05) is 13.8 Å². The Morgan fingerprint density at radius 1 is 1.33 bits per heavy atom. The number of aromatic nitrogens is 1. The van der Waals surface area contributed by atoms with Crippen LogP contribution < -0.4 is 11.5 Å². The smallest absolute Gasteiger partial charge is 0.128 e. The largest absolute Gasteiger partial charge is 0.383 e. The third kappa shape index (κ3) is 2.82. The zero-order chi connectivity index (χ0) is 13.9. The molecule has 0 aliphatic heterocycles. The standard InChI is InChI=1S/C14H26N4/c1-6-18(7-2)14(4,5)12(15)11-8-10(3)9-17-13(11)16/h8-9,12H,6-7,15H2,1-5H3,(H2,16,17). The van der Waals surface area contributed by atoms with Crippen LogP contribution in [-0.2, 0) is 0 Å². The predicted molar refractivity (Wildman–Crippen MR) is 77.3 cm³/mol. The van der Waals surface area contributed by atoms with Crippen molar-refractivity contribution in [1.82, 2.24) is 9.88 Å². The second-order valence-corrected chi connectivity index (χ2v) is 5.29. The number of hydrogen-bond donors (Lipinski definition) is 2. The molecule has 0 radical (unpaired) electrons. The Balaban J connectivity index is 3.12. The van der Waals surface area contributed by atoms with E-state index in [2.05, 4.69) is 37.6 Å². The van der Waals surface area contributed by atoms with Crippen LogP contribution in [0.25, 0.3) is 0 Å². The molecule has 4 N–H and O–H groups in total.